The largest absolute Gasteiger partial charge is 0.331 e. The number of nitrogens with zero attached hydrogens (tertiary/aromatic N) is 1. The Morgan fingerprint density at radius 2 is 1.04 bits per heavy atom. The molecule has 0 saturated carbocycles. The summed E-state index contributed by atoms with van der Waals surface area (Å²) in [4.78, 5) is 2.57. The van der Waals surface area contributed by atoms with Crippen LogP contribution in [0, 0.1) is 0 Å². The Bertz CT molecular complexity index is 283. The third-order valence-corrected chi connectivity index (χ3v) is 5.72. The molecule has 0 saturated heterocycles. The molecule has 4 heteroatoms. The normalized spacial score (nSPS) is 13.5. The maximum atomic E-state index is 5.32. The van der Waals surface area contributed by atoms with Gasteiger partial charge in [-0.15, -0.1) is 0 Å². The van der Waals surface area contributed by atoms with Crippen molar-refractivity contribution in [3.63, 3.8) is 0 Å². The maximum absolute atomic E-state index is 5.32. The van der Waals surface area contributed by atoms with Gasteiger partial charge in [-0.05, 0) is 32.9 Å². The SMILES string of the molecule is CCN(CC)C(C)CCCCCCCCCCCCC(OC)(OC)OC. The molecule has 0 radical (unpaired) electrons. The first kappa shape index (κ1) is 25.8. The van der Waals surface area contributed by atoms with E-state index in [4.69, 9.17) is 14.2 Å². The Kier molecular flexibility index (Phi) is 16.9. The number of hydrogen-bond acceptors (Lipinski definition) is 4. The molecule has 0 amide bonds. The van der Waals surface area contributed by atoms with Crippen LogP contribution >= 0.6 is 0 Å². The second-order valence-corrected chi connectivity index (χ2v) is 7.44. The van der Waals surface area contributed by atoms with E-state index in [2.05, 4.69) is 25.7 Å². The summed E-state index contributed by atoms with van der Waals surface area (Å²) in [7, 11) is 4.91. The van der Waals surface area contributed by atoms with E-state index < -0.39 is 5.97 Å². The first-order valence-electron chi connectivity index (χ1n) is 11.0. The first-order valence-corrected chi connectivity index (χ1v) is 11.0. The van der Waals surface area contributed by atoms with Crippen molar-refractivity contribution in [3.8, 4) is 0 Å². The topological polar surface area (TPSA) is 30.9 Å². The molecule has 0 aromatic heterocycles. The predicted octanol–water partition coefficient (Wildman–Crippen LogP) is 5.99. The van der Waals surface area contributed by atoms with E-state index in [1.165, 1.54) is 77.3 Å². The zero-order valence-electron chi connectivity index (χ0n) is 18.6. The van der Waals surface area contributed by atoms with E-state index in [9.17, 15) is 0 Å². The molecule has 0 aliphatic rings. The first-order chi connectivity index (χ1) is 12.6. The molecule has 0 N–H and O–H groups in total. The van der Waals surface area contributed by atoms with Crippen LogP contribution in [0.3, 0.4) is 0 Å². The van der Waals surface area contributed by atoms with Gasteiger partial charge in [-0.2, -0.15) is 0 Å². The number of methoxy groups -OCH3 is 3. The second kappa shape index (κ2) is 17.0. The zero-order chi connectivity index (χ0) is 19.7. The summed E-state index contributed by atoms with van der Waals surface area (Å²) < 4.78 is 16.0. The molecule has 0 fully saturated rings. The van der Waals surface area contributed by atoms with Crippen molar-refractivity contribution in [2.45, 2.75) is 110 Å². The minimum Gasteiger partial charge on any atom is -0.331 e. The smallest absolute Gasteiger partial charge is 0.282 e. The van der Waals surface area contributed by atoms with Crippen molar-refractivity contribution in [1.82, 2.24) is 4.90 Å². The molecule has 1 atom stereocenters. The van der Waals surface area contributed by atoms with Gasteiger partial charge in [0.05, 0.1) is 0 Å². The van der Waals surface area contributed by atoms with Crippen molar-refractivity contribution < 1.29 is 14.2 Å². The number of unbranched alkanes of at least 4 members (excludes halogenated alkanes) is 9. The van der Waals surface area contributed by atoms with Gasteiger partial charge in [-0.1, -0.05) is 71.6 Å². The van der Waals surface area contributed by atoms with Gasteiger partial charge in [0.15, 0.2) is 0 Å². The summed E-state index contributed by atoms with van der Waals surface area (Å²) in [5.41, 5.74) is 0. The van der Waals surface area contributed by atoms with Gasteiger partial charge in [0, 0.05) is 33.8 Å². The van der Waals surface area contributed by atoms with Crippen molar-refractivity contribution in [1.29, 1.82) is 0 Å². The molecule has 1 unspecified atom stereocenters. The van der Waals surface area contributed by atoms with Gasteiger partial charge in [0.2, 0.25) is 0 Å². The Morgan fingerprint density at radius 3 is 1.42 bits per heavy atom. The fourth-order valence-corrected chi connectivity index (χ4v) is 3.78. The van der Waals surface area contributed by atoms with Gasteiger partial charge < -0.3 is 19.1 Å². The monoisotopic (exact) mass is 373 g/mol. The lowest BCUT2D eigenvalue weighted by Crippen LogP contribution is -2.35. The molecule has 0 heterocycles. The lowest BCUT2D eigenvalue weighted by Gasteiger charge is -2.28. The van der Waals surface area contributed by atoms with Crippen LogP contribution in [0.2, 0.25) is 0 Å². The van der Waals surface area contributed by atoms with Crippen LogP contribution in [-0.4, -0.2) is 51.3 Å². The van der Waals surface area contributed by atoms with Gasteiger partial charge in [-0.25, -0.2) is 0 Å². The lowest BCUT2D eigenvalue weighted by molar-refractivity contribution is -0.355. The van der Waals surface area contributed by atoms with Crippen LogP contribution in [0.1, 0.15) is 97.8 Å². The van der Waals surface area contributed by atoms with Gasteiger partial charge in [0.1, 0.15) is 0 Å². The standard InChI is InChI=1S/C22H47NO3/c1-7-23(8-2)21(3)19-17-15-13-11-9-10-12-14-16-18-20-22(24-4,25-5)26-6/h21H,7-20H2,1-6H3. The zero-order valence-corrected chi connectivity index (χ0v) is 18.6. The number of hydrogen-bond donors (Lipinski definition) is 0. The summed E-state index contributed by atoms with van der Waals surface area (Å²) >= 11 is 0. The Labute approximate surface area is 164 Å². The fourth-order valence-electron chi connectivity index (χ4n) is 3.78. The minimum absolute atomic E-state index is 0.748. The summed E-state index contributed by atoms with van der Waals surface area (Å²) in [6.07, 6.45) is 15.5. The molecule has 0 bridgehead atoms. The summed E-state index contributed by atoms with van der Waals surface area (Å²) in [5, 5.41) is 0. The molecule has 0 spiro atoms. The molecule has 0 aromatic carbocycles. The van der Waals surface area contributed by atoms with Gasteiger partial charge in [0.25, 0.3) is 5.97 Å². The summed E-state index contributed by atoms with van der Waals surface area (Å²) in [6, 6.07) is 0.748. The Hall–Kier alpha value is -0.160. The molecule has 158 valence electrons. The molecule has 26 heavy (non-hydrogen) atoms. The van der Waals surface area contributed by atoms with E-state index in [0.29, 0.717) is 0 Å². The fraction of sp³-hybridized carbons (Fsp3) is 1.00. The third kappa shape index (κ3) is 11.5. The molecule has 0 aliphatic heterocycles. The number of ether oxygens (including phenoxy) is 3. The minimum atomic E-state index is -0.844. The summed E-state index contributed by atoms with van der Waals surface area (Å²) in [5.74, 6) is -0.844. The molecule has 0 aliphatic carbocycles. The van der Waals surface area contributed by atoms with Crippen LogP contribution in [0.5, 0.6) is 0 Å². The van der Waals surface area contributed by atoms with E-state index in [1.54, 1.807) is 21.3 Å². The highest BCUT2D eigenvalue weighted by Crippen LogP contribution is 2.21. The third-order valence-electron chi connectivity index (χ3n) is 5.72. The van der Waals surface area contributed by atoms with Crippen molar-refractivity contribution in [3.05, 3.63) is 0 Å². The van der Waals surface area contributed by atoms with E-state index in [1.807, 2.05) is 0 Å². The van der Waals surface area contributed by atoms with E-state index >= 15 is 0 Å². The highest BCUT2D eigenvalue weighted by Gasteiger charge is 2.28. The van der Waals surface area contributed by atoms with Crippen LogP contribution in [-0.2, 0) is 14.2 Å². The Morgan fingerprint density at radius 1 is 0.654 bits per heavy atom. The molecule has 4 nitrogen and oxygen atoms in total. The second-order valence-electron chi connectivity index (χ2n) is 7.44. The van der Waals surface area contributed by atoms with E-state index in [-0.39, 0.29) is 0 Å². The van der Waals surface area contributed by atoms with Crippen LogP contribution < -0.4 is 0 Å². The Balaban J connectivity index is 3.42. The molecular formula is C22H47NO3. The highest BCUT2D eigenvalue weighted by atomic mass is 16.9. The van der Waals surface area contributed by atoms with Crippen molar-refractivity contribution in [2.75, 3.05) is 34.4 Å². The van der Waals surface area contributed by atoms with Gasteiger partial charge >= 0.3 is 0 Å². The van der Waals surface area contributed by atoms with Gasteiger partial charge in [-0.3, -0.25) is 0 Å². The van der Waals surface area contributed by atoms with Crippen LogP contribution in [0.25, 0.3) is 0 Å². The predicted molar refractivity (Wildman–Crippen MR) is 112 cm³/mol. The van der Waals surface area contributed by atoms with Crippen LogP contribution in [0.4, 0.5) is 0 Å². The molecular weight excluding hydrogens is 326 g/mol. The highest BCUT2D eigenvalue weighted by molar-refractivity contribution is 4.64. The molecule has 0 aromatic rings. The average molecular weight is 374 g/mol. The van der Waals surface area contributed by atoms with Crippen LogP contribution in [0.15, 0.2) is 0 Å². The van der Waals surface area contributed by atoms with Crippen molar-refractivity contribution in [2.24, 2.45) is 0 Å². The summed E-state index contributed by atoms with van der Waals surface area (Å²) in [6.45, 7) is 9.28. The quantitative estimate of drug-likeness (QED) is 0.205. The maximum Gasteiger partial charge on any atom is 0.282 e. The van der Waals surface area contributed by atoms with Crippen molar-refractivity contribution >= 4 is 0 Å². The molecule has 0 rings (SSSR count). The van der Waals surface area contributed by atoms with E-state index in [0.717, 1.165) is 18.9 Å². The lowest BCUT2D eigenvalue weighted by atomic mass is 10.0. The number of rotatable bonds is 19. The average Bonchev–Trinajstić information content (AvgIpc) is 2.67.